The number of methoxy groups -OCH3 is 1. The van der Waals surface area contributed by atoms with Crippen LogP contribution >= 0.6 is 31.9 Å². The van der Waals surface area contributed by atoms with Crippen LogP contribution in [0.5, 0.6) is 5.75 Å². The third-order valence-electron chi connectivity index (χ3n) is 2.84. The molecule has 0 atom stereocenters. The maximum Gasteiger partial charge on any atom is 0.248 e. The van der Waals surface area contributed by atoms with Gasteiger partial charge in [-0.2, -0.15) is 0 Å². The van der Waals surface area contributed by atoms with Crippen LogP contribution in [0.1, 0.15) is 5.56 Å². The molecule has 1 amide bonds. The minimum absolute atomic E-state index is 0.0940. The molecule has 1 N–H and O–H groups in total. The summed E-state index contributed by atoms with van der Waals surface area (Å²) in [6.07, 6.45) is 2.77. The number of carbonyl (C=O) groups is 1. The zero-order valence-corrected chi connectivity index (χ0v) is 15.0. The lowest BCUT2D eigenvalue weighted by Crippen LogP contribution is -2.09. The Morgan fingerprint density at radius 1 is 1.22 bits per heavy atom. The molecule has 0 fully saturated rings. The molecule has 0 saturated carbocycles. The lowest BCUT2D eigenvalue weighted by atomic mass is 10.2. The minimum atomic E-state index is -0.838. The fraction of sp³-hybridized carbons (Fsp3) is 0.0625. The fourth-order valence-corrected chi connectivity index (χ4v) is 3.27. The largest absolute Gasteiger partial charge is 0.495 e. The van der Waals surface area contributed by atoms with Crippen molar-refractivity contribution in [3.8, 4) is 5.75 Å². The molecule has 0 aromatic heterocycles. The van der Waals surface area contributed by atoms with E-state index in [1.54, 1.807) is 6.07 Å². The van der Waals surface area contributed by atoms with Crippen LogP contribution < -0.4 is 10.1 Å². The Balaban J connectivity index is 2.18. The lowest BCUT2D eigenvalue weighted by Gasteiger charge is -2.08. The Morgan fingerprint density at radius 3 is 2.61 bits per heavy atom. The molecular weight excluding hydrogens is 436 g/mol. The van der Waals surface area contributed by atoms with E-state index in [-0.39, 0.29) is 5.69 Å². The molecule has 2 aromatic rings. The fourth-order valence-electron chi connectivity index (χ4n) is 1.85. The second kappa shape index (κ2) is 7.70. The third kappa shape index (κ3) is 4.62. The molecule has 7 heteroatoms. The van der Waals surface area contributed by atoms with Gasteiger partial charge in [0.1, 0.15) is 17.4 Å². The van der Waals surface area contributed by atoms with Gasteiger partial charge in [0.2, 0.25) is 5.91 Å². The van der Waals surface area contributed by atoms with Gasteiger partial charge in [0.25, 0.3) is 0 Å². The summed E-state index contributed by atoms with van der Waals surface area (Å²) in [6.45, 7) is 0. The molecule has 23 heavy (non-hydrogen) atoms. The van der Waals surface area contributed by atoms with E-state index in [9.17, 15) is 13.6 Å². The number of amides is 1. The predicted molar refractivity (Wildman–Crippen MR) is 92.4 cm³/mol. The molecule has 0 aliphatic carbocycles. The molecule has 0 unspecified atom stereocenters. The summed E-state index contributed by atoms with van der Waals surface area (Å²) >= 11 is 6.71. The Hall–Kier alpha value is -1.73. The van der Waals surface area contributed by atoms with Crippen LogP contribution in [-0.2, 0) is 4.79 Å². The van der Waals surface area contributed by atoms with Gasteiger partial charge in [0, 0.05) is 22.2 Å². The Bertz CT molecular complexity index is 779. The molecule has 0 spiro atoms. The molecule has 0 bridgehead atoms. The summed E-state index contributed by atoms with van der Waals surface area (Å²) in [5.41, 5.74) is 0.562. The molecule has 0 aliphatic heterocycles. The van der Waals surface area contributed by atoms with E-state index in [4.69, 9.17) is 4.74 Å². The smallest absolute Gasteiger partial charge is 0.248 e. The number of ether oxygens (including phenoxy) is 1. The first-order valence-electron chi connectivity index (χ1n) is 6.38. The molecule has 0 aliphatic rings. The molecule has 2 aromatic carbocycles. The molecule has 3 nitrogen and oxygen atoms in total. The maximum atomic E-state index is 13.5. The molecule has 0 saturated heterocycles. The van der Waals surface area contributed by atoms with E-state index in [2.05, 4.69) is 37.2 Å². The van der Waals surface area contributed by atoms with Gasteiger partial charge < -0.3 is 10.1 Å². The van der Waals surface area contributed by atoms with E-state index >= 15 is 0 Å². The van der Waals surface area contributed by atoms with Gasteiger partial charge in [0.05, 0.1) is 17.3 Å². The van der Waals surface area contributed by atoms with E-state index in [1.807, 2.05) is 6.07 Å². The van der Waals surface area contributed by atoms with E-state index in [0.29, 0.717) is 17.4 Å². The standard InChI is InChI=1S/C16H11Br2F2NO2/c1-23-16-9(6-10(17)7-12(16)18)2-5-15(22)21-14-4-3-11(19)8-13(14)20/h2-8H,1H3,(H,21,22)/b5-2+. The Morgan fingerprint density at radius 2 is 1.96 bits per heavy atom. The van der Waals surface area contributed by atoms with Crippen molar-refractivity contribution >= 4 is 49.5 Å². The van der Waals surface area contributed by atoms with Gasteiger partial charge >= 0.3 is 0 Å². The highest BCUT2D eigenvalue weighted by atomic mass is 79.9. The number of nitrogens with one attached hydrogen (secondary N) is 1. The summed E-state index contributed by atoms with van der Waals surface area (Å²) in [5, 5.41) is 2.34. The summed E-state index contributed by atoms with van der Waals surface area (Å²) < 4.78 is 33.1. The molecule has 0 heterocycles. The van der Waals surface area contributed by atoms with Crippen molar-refractivity contribution in [2.75, 3.05) is 12.4 Å². The van der Waals surface area contributed by atoms with Crippen LogP contribution in [-0.4, -0.2) is 13.0 Å². The van der Waals surface area contributed by atoms with Crippen LogP contribution in [0.25, 0.3) is 6.08 Å². The van der Waals surface area contributed by atoms with E-state index in [1.165, 1.54) is 19.3 Å². The first-order chi connectivity index (χ1) is 10.9. The highest BCUT2D eigenvalue weighted by molar-refractivity contribution is 9.11. The average Bonchev–Trinajstić information content (AvgIpc) is 2.47. The van der Waals surface area contributed by atoms with Gasteiger partial charge in [0.15, 0.2) is 0 Å². The van der Waals surface area contributed by atoms with Crippen LogP contribution in [0.3, 0.4) is 0 Å². The zero-order chi connectivity index (χ0) is 17.0. The molecular formula is C16H11Br2F2NO2. The summed E-state index contributed by atoms with van der Waals surface area (Å²) in [5.74, 6) is -1.53. The number of hydrogen-bond acceptors (Lipinski definition) is 2. The number of hydrogen-bond donors (Lipinski definition) is 1. The monoisotopic (exact) mass is 445 g/mol. The highest BCUT2D eigenvalue weighted by Crippen LogP contribution is 2.33. The first kappa shape index (κ1) is 17.6. The summed E-state index contributed by atoms with van der Waals surface area (Å²) in [6, 6.07) is 6.51. The van der Waals surface area contributed by atoms with Crippen molar-refractivity contribution in [2.45, 2.75) is 0 Å². The van der Waals surface area contributed by atoms with Crippen molar-refractivity contribution in [3.63, 3.8) is 0 Å². The van der Waals surface area contributed by atoms with Gasteiger partial charge in [-0.05, 0) is 46.3 Å². The van der Waals surface area contributed by atoms with Crippen molar-refractivity contribution in [2.24, 2.45) is 0 Å². The van der Waals surface area contributed by atoms with Crippen molar-refractivity contribution in [3.05, 3.63) is 62.6 Å². The van der Waals surface area contributed by atoms with Crippen molar-refractivity contribution in [1.82, 2.24) is 0 Å². The van der Waals surface area contributed by atoms with Gasteiger partial charge in [-0.3, -0.25) is 4.79 Å². The topological polar surface area (TPSA) is 38.3 Å². The minimum Gasteiger partial charge on any atom is -0.495 e. The number of halogens is 4. The van der Waals surface area contributed by atoms with Gasteiger partial charge in [-0.25, -0.2) is 8.78 Å². The number of benzene rings is 2. The quantitative estimate of drug-likeness (QED) is 0.659. The second-order valence-electron chi connectivity index (χ2n) is 4.46. The number of anilines is 1. The average molecular weight is 447 g/mol. The zero-order valence-electron chi connectivity index (χ0n) is 11.9. The highest BCUT2D eigenvalue weighted by Gasteiger charge is 2.09. The van der Waals surface area contributed by atoms with Gasteiger partial charge in [-0.15, -0.1) is 0 Å². The number of carbonyl (C=O) groups excluding carboxylic acids is 1. The normalized spacial score (nSPS) is 10.8. The first-order valence-corrected chi connectivity index (χ1v) is 7.96. The summed E-state index contributed by atoms with van der Waals surface area (Å²) in [7, 11) is 1.51. The maximum absolute atomic E-state index is 13.5. The second-order valence-corrected chi connectivity index (χ2v) is 6.23. The van der Waals surface area contributed by atoms with Crippen molar-refractivity contribution < 1.29 is 18.3 Å². The third-order valence-corrected chi connectivity index (χ3v) is 3.89. The Labute approximate surface area is 148 Å². The van der Waals surface area contributed by atoms with Crippen LogP contribution in [0.2, 0.25) is 0 Å². The van der Waals surface area contributed by atoms with Crippen LogP contribution in [0.4, 0.5) is 14.5 Å². The van der Waals surface area contributed by atoms with Crippen LogP contribution in [0, 0.1) is 11.6 Å². The predicted octanol–water partition coefficient (Wildman–Crippen LogP) is 5.15. The van der Waals surface area contributed by atoms with E-state index in [0.717, 1.165) is 21.1 Å². The molecule has 0 radical (unpaired) electrons. The van der Waals surface area contributed by atoms with Crippen LogP contribution in [0.15, 0.2) is 45.4 Å². The Kier molecular flexibility index (Phi) is 5.90. The lowest BCUT2D eigenvalue weighted by molar-refractivity contribution is -0.111. The molecule has 120 valence electrons. The summed E-state index contributed by atoms with van der Waals surface area (Å²) in [4.78, 5) is 11.9. The molecule has 2 rings (SSSR count). The van der Waals surface area contributed by atoms with Crippen molar-refractivity contribution in [1.29, 1.82) is 0 Å². The van der Waals surface area contributed by atoms with Gasteiger partial charge in [-0.1, -0.05) is 15.9 Å². The number of rotatable bonds is 4. The van der Waals surface area contributed by atoms with E-state index < -0.39 is 17.5 Å². The SMILES string of the molecule is COc1c(Br)cc(Br)cc1/C=C/C(=O)Nc1ccc(F)cc1F.